The lowest BCUT2D eigenvalue weighted by Gasteiger charge is -2.28. The standard InChI is InChI=1S/C11H17ClN4/c1-16-4-2-8(3-5-16)6-9-7-10(13)11(12)15-14-9/h7-8H,2-6H2,1H3,(H2,13,14). The minimum absolute atomic E-state index is 0.298. The SMILES string of the molecule is CN1CCC(Cc2cc(N)c(Cl)nn2)CC1. The molecule has 0 unspecified atom stereocenters. The fourth-order valence-corrected chi connectivity index (χ4v) is 2.19. The summed E-state index contributed by atoms with van der Waals surface area (Å²) in [6.45, 7) is 2.34. The molecule has 2 N–H and O–H groups in total. The van der Waals surface area contributed by atoms with Crippen LogP contribution in [0.1, 0.15) is 18.5 Å². The van der Waals surface area contributed by atoms with Crippen LogP contribution in [0.15, 0.2) is 6.07 Å². The second kappa shape index (κ2) is 4.97. The van der Waals surface area contributed by atoms with Crippen LogP contribution < -0.4 is 5.73 Å². The first-order valence-electron chi connectivity index (χ1n) is 5.61. The number of nitrogens with two attached hydrogens (primary N) is 1. The molecule has 0 aliphatic carbocycles. The third kappa shape index (κ3) is 2.83. The molecule has 0 spiro atoms. The molecule has 1 aromatic heterocycles. The molecule has 0 radical (unpaired) electrons. The summed E-state index contributed by atoms with van der Waals surface area (Å²) in [5, 5.41) is 8.21. The van der Waals surface area contributed by atoms with E-state index < -0.39 is 0 Å². The number of hydrogen-bond acceptors (Lipinski definition) is 4. The molecule has 0 saturated carbocycles. The van der Waals surface area contributed by atoms with Crippen molar-refractivity contribution >= 4 is 17.3 Å². The highest BCUT2D eigenvalue weighted by Crippen LogP contribution is 2.22. The van der Waals surface area contributed by atoms with Crippen molar-refractivity contribution in [1.29, 1.82) is 0 Å². The van der Waals surface area contributed by atoms with Crippen molar-refractivity contribution in [2.45, 2.75) is 19.3 Å². The van der Waals surface area contributed by atoms with Gasteiger partial charge in [-0.1, -0.05) is 11.6 Å². The Morgan fingerprint density at radius 1 is 1.44 bits per heavy atom. The summed E-state index contributed by atoms with van der Waals surface area (Å²) >= 11 is 5.74. The largest absolute Gasteiger partial charge is 0.396 e. The minimum Gasteiger partial charge on any atom is -0.396 e. The lowest BCUT2D eigenvalue weighted by Crippen LogP contribution is -2.31. The molecule has 5 heteroatoms. The van der Waals surface area contributed by atoms with Crippen molar-refractivity contribution in [2.24, 2.45) is 5.92 Å². The molecule has 2 rings (SSSR count). The molecule has 16 heavy (non-hydrogen) atoms. The topological polar surface area (TPSA) is 55.0 Å². The van der Waals surface area contributed by atoms with Crippen LogP contribution in [-0.2, 0) is 6.42 Å². The fraction of sp³-hybridized carbons (Fsp3) is 0.636. The van der Waals surface area contributed by atoms with Gasteiger partial charge in [0.25, 0.3) is 0 Å². The Kier molecular flexibility index (Phi) is 3.61. The molecular weight excluding hydrogens is 224 g/mol. The van der Waals surface area contributed by atoms with Gasteiger partial charge in [-0.25, -0.2) is 0 Å². The quantitative estimate of drug-likeness (QED) is 0.853. The van der Waals surface area contributed by atoms with Crippen LogP contribution >= 0.6 is 11.6 Å². The van der Waals surface area contributed by atoms with Gasteiger partial charge in [0.2, 0.25) is 0 Å². The normalized spacial score (nSPS) is 18.9. The van der Waals surface area contributed by atoms with Crippen LogP contribution in [0.25, 0.3) is 0 Å². The van der Waals surface area contributed by atoms with Crippen molar-refractivity contribution in [2.75, 3.05) is 25.9 Å². The molecule has 0 bridgehead atoms. The molecule has 1 aliphatic heterocycles. The smallest absolute Gasteiger partial charge is 0.174 e. The average Bonchev–Trinajstić information content (AvgIpc) is 2.27. The molecule has 1 fully saturated rings. The summed E-state index contributed by atoms with van der Waals surface area (Å²) in [7, 11) is 2.16. The van der Waals surface area contributed by atoms with Gasteiger partial charge >= 0.3 is 0 Å². The molecule has 1 saturated heterocycles. The summed E-state index contributed by atoms with van der Waals surface area (Å²) in [6.07, 6.45) is 3.41. The van der Waals surface area contributed by atoms with E-state index in [1.54, 1.807) is 0 Å². The number of piperidine rings is 1. The minimum atomic E-state index is 0.298. The van der Waals surface area contributed by atoms with Crippen molar-refractivity contribution in [3.8, 4) is 0 Å². The fourth-order valence-electron chi connectivity index (χ4n) is 2.10. The number of halogens is 1. The van der Waals surface area contributed by atoms with E-state index in [2.05, 4.69) is 22.1 Å². The molecule has 0 amide bonds. The Balaban J connectivity index is 1.96. The first-order valence-corrected chi connectivity index (χ1v) is 5.99. The van der Waals surface area contributed by atoms with E-state index in [1.165, 1.54) is 25.9 Å². The Labute approximate surface area is 101 Å². The number of nitrogens with zero attached hydrogens (tertiary/aromatic N) is 3. The number of nitrogen functional groups attached to an aromatic ring is 1. The van der Waals surface area contributed by atoms with Crippen molar-refractivity contribution in [3.05, 3.63) is 16.9 Å². The Hall–Kier alpha value is -0.870. The van der Waals surface area contributed by atoms with E-state index in [-0.39, 0.29) is 0 Å². The summed E-state index contributed by atoms with van der Waals surface area (Å²) in [5.74, 6) is 0.700. The van der Waals surface area contributed by atoms with Crippen LogP contribution in [-0.4, -0.2) is 35.2 Å². The third-order valence-corrected chi connectivity index (χ3v) is 3.46. The lowest BCUT2D eigenvalue weighted by molar-refractivity contribution is 0.218. The predicted molar refractivity (Wildman–Crippen MR) is 65.4 cm³/mol. The third-order valence-electron chi connectivity index (χ3n) is 3.16. The number of likely N-dealkylation sites (tertiary alicyclic amines) is 1. The number of hydrogen-bond donors (Lipinski definition) is 1. The summed E-state index contributed by atoms with van der Waals surface area (Å²) in [5.41, 5.74) is 7.19. The van der Waals surface area contributed by atoms with Gasteiger partial charge in [-0.15, -0.1) is 5.10 Å². The number of anilines is 1. The van der Waals surface area contributed by atoms with Crippen molar-refractivity contribution < 1.29 is 0 Å². The van der Waals surface area contributed by atoms with E-state index in [4.69, 9.17) is 17.3 Å². The molecular formula is C11H17ClN4. The van der Waals surface area contributed by atoms with Gasteiger partial charge in [-0.3, -0.25) is 0 Å². The molecule has 4 nitrogen and oxygen atoms in total. The van der Waals surface area contributed by atoms with Crippen LogP contribution in [0, 0.1) is 5.92 Å². The summed E-state index contributed by atoms with van der Waals surface area (Å²) in [4.78, 5) is 2.36. The van der Waals surface area contributed by atoms with Gasteiger partial charge in [-0.05, 0) is 51.4 Å². The van der Waals surface area contributed by atoms with Gasteiger partial charge in [0.15, 0.2) is 5.15 Å². The number of aromatic nitrogens is 2. The van der Waals surface area contributed by atoms with Gasteiger partial charge in [0.05, 0.1) is 11.4 Å². The highest BCUT2D eigenvalue weighted by atomic mass is 35.5. The zero-order chi connectivity index (χ0) is 11.5. The Morgan fingerprint density at radius 2 is 2.12 bits per heavy atom. The zero-order valence-electron chi connectivity index (χ0n) is 9.49. The zero-order valence-corrected chi connectivity index (χ0v) is 10.2. The van der Waals surface area contributed by atoms with Gasteiger partial charge < -0.3 is 10.6 Å². The molecule has 0 aromatic carbocycles. The second-order valence-corrected chi connectivity index (χ2v) is 4.89. The van der Waals surface area contributed by atoms with Crippen LogP contribution in [0.5, 0.6) is 0 Å². The Bertz CT molecular complexity index is 361. The van der Waals surface area contributed by atoms with Crippen LogP contribution in [0.4, 0.5) is 5.69 Å². The molecule has 2 heterocycles. The van der Waals surface area contributed by atoms with E-state index in [0.717, 1.165) is 12.1 Å². The maximum absolute atomic E-state index is 5.74. The van der Waals surface area contributed by atoms with Crippen LogP contribution in [0.2, 0.25) is 5.15 Å². The van der Waals surface area contributed by atoms with Gasteiger partial charge in [-0.2, -0.15) is 5.10 Å². The average molecular weight is 241 g/mol. The molecule has 0 atom stereocenters. The highest BCUT2D eigenvalue weighted by Gasteiger charge is 2.17. The Morgan fingerprint density at radius 3 is 2.75 bits per heavy atom. The van der Waals surface area contributed by atoms with Gasteiger partial charge in [0, 0.05) is 0 Å². The van der Waals surface area contributed by atoms with Crippen molar-refractivity contribution in [1.82, 2.24) is 15.1 Å². The molecule has 1 aliphatic rings. The lowest BCUT2D eigenvalue weighted by atomic mass is 9.92. The predicted octanol–water partition coefficient (Wildman–Crippen LogP) is 1.60. The van der Waals surface area contributed by atoms with E-state index in [1.807, 2.05) is 6.07 Å². The molecule has 1 aromatic rings. The summed E-state index contributed by atoms with van der Waals surface area (Å²) < 4.78 is 0. The number of rotatable bonds is 2. The first kappa shape index (κ1) is 11.6. The monoisotopic (exact) mass is 240 g/mol. The maximum Gasteiger partial charge on any atom is 0.174 e. The maximum atomic E-state index is 5.74. The summed E-state index contributed by atoms with van der Waals surface area (Å²) in [6, 6.07) is 1.84. The van der Waals surface area contributed by atoms with Gasteiger partial charge in [0.1, 0.15) is 0 Å². The van der Waals surface area contributed by atoms with Crippen molar-refractivity contribution in [3.63, 3.8) is 0 Å². The first-order chi connectivity index (χ1) is 7.65. The van der Waals surface area contributed by atoms with E-state index in [9.17, 15) is 0 Å². The van der Waals surface area contributed by atoms with E-state index >= 15 is 0 Å². The molecule has 88 valence electrons. The second-order valence-electron chi connectivity index (χ2n) is 4.53. The van der Waals surface area contributed by atoms with E-state index in [0.29, 0.717) is 16.8 Å². The van der Waals surface area contributed by atoms with Crippen LogP contribution in [0.3, 0.4) is 0 Å². The highest BCUT2D eigenvalue weighted by molar-refractivity contribution is 6.31.